The average Bonchev–Trinajstić information content (AvgIpc) is 2.89. The molecule has 4 heteroatoms. The molecule has 0 radical (unpaired) electrons. The first-order valence-corrected chi connectivity index (χ1v) is 7.33. The van der Waals surface area contributed by atoms with Crippen LogP contribution in [0.4, 0.5) is 0 Å². The van der Waals surface area contributed by atoms with Gasteiger partial charge in [0.05, 0.1) is 5.03 Å². The highest BCUT2D eigenvalue weighted by molar-refractivity contribution is 7.99. The van der Waals surface area contributed by atoms with Crippen LogP contribution in [0.3, 0.4) is 0 Å². The zero-order chi connectivity index (χ0) is 13.9. The highest BCUT2D eigenvalue weighted by Crippen LogP contribution is 2.29. The Kier molecular flexibility index (Phi) is 3.56. The van der Waals surface area contributed by atoms with Gasteiger partial charge in [-0.25, -0.2) is 0 Å². The van der Waals surface area contributed by atoms with Gasteiger partial charge in [0, 0.05) is 28.4 Å². The van der Waals surface area contributed by atoms with Crippen molar-refractivity contribution in [2.75, 3.05) is 0 Å². The maximum atomic E-state index is 11.5. The smallest absolute Gasteiger partial charge is 0.180 e. The molecule has 0 amide bonds. The third-order valence-corrected chi connectivity index (χ3v) is 3.99. The van der Waals surface area contributed by atoms with Crippen LogP contribution in [0.5, 0.6) is 0 Å². The number of carbonyl (C=O) groups is 1. The van der Waals surface area contributed by atoms with Gasteiger partial charge < -0.3 is 4.98 Å². The Labute approximate surface area is 121 Å². The third kappa shape index (κ3) is 2.60. The van der Waals surface area contributed by atoms with Crippen molar-refractivity contribution in [1.82, 2.24) is 9.97 Å². The van der Waals surface area contributed by atoms with E-state index >= 15 is 0 Å². The van der Waals surface area contributed by atoms with Crippen LogP contribution in [-0.2, 0) is 0 Å². The first-order chi connectivity index (χ1) is 9.76. The van der Waals surface area contributed by atoms with Crippen LogP contribution in [0.25, 0.3) is 10.9 Å². The molecular formula is C16H14N2OS. The summed E-state index contributed by atoms with van der Waals surface area (Å²) >= 11 is 1.61. The summed E-state index contributed by atoms with van der Waals surface area (Å²) in [6.07, 6.45) is 2.24. The molecule has 3 rings (SSSR count). The molecule has 0 saturated carbocycles. The predicted octanol–water partition coefficient (Wildman–Crippen LogP) is 4.31. The van der Waals surface area contributed by atoms with E-state index in [1.807, 2.05) is 25.1 Å². The molecule has 3 aromatic rings. The fourth-order valence-electron chi connectivity index (χ4n) is 2.02. The largest absolute Gasteiger partial charge is 0.349 e. The van der Waals surface area contributed by atoms with Gasteiger partial charge >= 0.3 is 0 Å². The number of hydrogen-bond donors (Lipinski definition) is 1. The maximum absolute atomic E-state index is 11.5. The van der Waals surface area contributed by atoms with E-state index in [0.29, 0.717) is 12.1 Å². The van der Waals surface area contributed by atoms with Gasteiger partial charge in [-0.1, -0.05) is 36.9 Å². The van der Waals surface area contributed by atoms with Crippen LogP contribution in [0, 0.1) is 0 Å². The monoisotopic (exact) mass is 282 g/mol. The van der Waals surface area contributed by atoms with E-state index in [-0.39, 0.29) is 5.78 Å². The van der Waals surface area contributed by atoms with Gasteiger partial charge in [0.1, 0.15) is 5.69 Å². The molecule has 0 spiro atoms. The molecular weight excluding hydrogens is 268 g/mol. The predicted molar refractivity (Wildman–Crippen MR) is 81.3 cm³/mol. The van der Waals surface area contributed by atoms with Gasteiger partial charge in [-0.3, -0.25) is 9.78 Å². The van der Waals surface area contributed by atoms with Crippen LogP contribution in [0.1, 0.15) is 23.8 Å². The van der Waals surface area contributed by atoms with Gasteiger partial charge in [-0.2, -0.15) is 0 Å². The lowest BCUT2D eigenvalue weighted by Gasteiger charge is -2.00. The number of nitrogens with zero attached hydrogens (tertiary/aromatic N) is 1. The highest BCUT2D eigenvalue weighted by atomic mass is 32.2. The zero-order valence-corrected chi connectivity index (χ0v) is 11.9. The summed E-state index contributed by atoms with van der Waals surface area (Å²) in [7, 11) is 0. The van der Waals surface area contributed by atoms with Gasteiger partial charge in [-0.15, -0.1) is 0 Å². The Hall–Kier alpha value is -2.07. The van der Waals surface area contributed by atoms with E-state index in [9.17, 15) is 4.79 Å². The Morgan fingerprint density at radius 3 is 2.80 bits per heavy atom. The van der Waals surface area contributed by atoms with E-state index in [2.05, 4.69) is 28.2 Å². The van der Waals surface area contributed by atoms with Gasteiger partial charge in [-0.05, 0) is 24.3 Å². The minimum absolute atomic E-state index is 0.0761. The average molecular weight is 282 g/mol. The fraction of sp³-hybridized carbons (Fsp3) is 0.125. The zero-order valence-electron chi connectivity index (χ0n) is 11.1. The Morgan fingerprint density at radius 2 is 2.10 bits per heavy atom. The molecule has 0 bridgehead atoms. The number of benzene rings is 1. The number of hydrogen-bond acceptors (Lipinski definition) is 3. The van der Waals surface area contributed by atoms with Crippen LogP contribution < -0.4 is 0 Å². The summed E-state index contributed by atoms with van der Waals surface area (Å²) < 4.78 is 0. The van der Waals surface area contributed by atoms with Crippen molar-refractivity contribution in [3.63, 3.8) is 0 Å². The molecule has 2 heterocycles. The Balaban J connectivity index is 1.82. The number of H-pyrrole nitrogens is 1. The van der Waals surface area contributed by atoms with Crippen molar-refractivity contribution >= 4 is 28.4 Å². The van der Waals surface area contributed by atoms with E-state index in [0.717, 1.165) is 15.4 Å². The summed E-state index contributed by atoms with van der Waals surface area (Å²) in [5, 5.41) is 2.27. The second kappa shape index (κ2) is 5.51. The number of rotatable bonds is 4. The molecule has 20 heavy (non-hydrogen) atoms. The standard InChI is InChI=1S/C16H14N2OS/c1-2-15(19)14-8-7-12(10-17-14)20-16-9-11-5-3-4-6-13(11)18-16/h3-10,18H,2H2,1H3. The Bertz CT molecular complexity index is 714. The summed E-state index contributed by atoms with van der Waals surface area (Å²) in [5.74, 6) is 0.0761. The van der Waals surface area contributed by atoms with E-state index in [1.54, 1.807) is 24.0 Å². The van der Waals surface area contributed by atoms with E-state index in [4.69, 9.17) is 0 Å². The van der Waals surface area contributed by atoms with Gasteiger partial charge in [0.2, 0.25) is 0 Å². The molecule has 0 unspecified atom stereocenters. The molecule has 1 N–H and O–H groups in total. The minimum atomic E-state index is 0.0761. The number of ketones is 1. The lowest BCUT2D eigenvalue weighted by atomic mass is 10.2. The quantitative estimate of drug-likeness (QED) is 0.725. The molecule has 0 fully saturated rings. The normalized spacial score (nSPS) is 10.8. The number of Topliss-reactive ketones (excluding diaryl/α,β-unsaturated/α-hetero) is 1. The minimum Gasteiger partial charge on any atom is -0.349 e. The molecule has 0 saturated heterocycles. The number of carbonyl (C=O) groups excluding carboxylic acids is 1. The summed E-state index contributed by atoms with van der Waals surface area (Å²) in [5.41, 5.74) is 1.66. The molecule has 0 aliphatic heterocycles. The Morgan fingerprint density at radius 1 is 1.25 bits per heavy atom. The lowest BCUT2D eigenvalue weighted by molar-refractivity contribution is 0.0983. The molecule has 3 nitrogen and oxygen atoms in total. The number of aromatic nitrogens is 2. The SMILES string of the molecule is CCC(=O)c1ccc(Sc2cc3ccccc3[nH]2)cn1. The second-order valence-corrected chi connectivity index (χ2v) is 5.59. The van der Waals surface area contributed by atoms with Crippen molar-refractivity contribution in [1.29, 1.82) is 0 Å². The summed E-state index contributed by atoms with van der Waals surface area (Å²) in [4.78, 5) is 20.1. The van der Waals surface area contributed by atoms with Crippen LogP contribution in [0.2, 0.25) is 0 Å². The third-order valence-electron chi connectivity index (χ3n) is 3.08. The molecule has 0 aliphatic rings. The molecule has 100 valence electrons. The van der Waals surface area contributed by atoms with E-state index in [1.165, 1.54) is 5.39 Å². The lowest BCUT2D eigenvalue weighted by Crippen LogP contribution is -1.99. The van der Waals surface area contributed by atoms with Crippen LogP contribution in [0.15, 0.2) is 58.6 Å². The maximum Gasteiger partial charge on any atom is 0.180 e. The summed E-state index contributed by atoms with van der Waals surface area (Å²) in [6, 6.07) is 14.0. The van der Waals surface area contributed by atoms with Crippen LogP contribution >= 0.6 is 11.8 Å². The number of pyridine rings is 1. The van der Waals surface area contributed by atoms with Crippen molar-refractivity contribution in [2.24, 2.45) is 0 Å². The van der Waals surface area contributed by atoms with Crippen molar-refractivity contribution < 1.29 is 4.79 Å². The highest BCUT2D eigenvalue weighted by Gasteiger charge is 2.06. The van der Waals surface area contributed by atoms with Crippen LogP contribution in [-0.4, -0.2) is 15.8 Å². The molecule has 1 aromatic carbocycles. The van der Waals surface area contributed by atoms with Gasteiger partial charge in [0.15, 0.2) is 5.78 Å². The van der Waals surface area contributed by atoms with Crippen molar-refractivity contribution in [3.8, 4) is 0 Å². The summed E-state index contributed by atoms with van der Waals surface area (Å²) in [6.45, 7) is 1.84. The first-order valence-electron chi connectivity index (χ1n) is 6.51. The molecule has 0 atom stereocenters. The van der Waals surface area contributed by atoms with E-state index < -0.39 is 0 Å². The molecule has 0 aliphatic carbocycles. The number of aromatic amines is 1. The second-order valence-electron chi connectivity index (χ2n) is 4.48. The van der Waals surface area contributed by atoms with Crippen molar-refractivity contribution in [2.45, 2.75) is 23.3 Å². The van der Waals surface area contributed by atoms with Crippen molar-refractivity contribution in [3.05, 3.63) is 54.4 Å². The fourth-order valence-corrected chi connectivity index (χ4v) is 2.86. The first kappa shape index (κ1) is 12.9. The number of fused-ring (bicyclic) bond motifs is 1. The molecule has 2 aromatic heterocycles. The number of para-hydroxylation sites is 1. The van der Waals surface area contributed by atoms with Gasteiger partial charge in [0.25, 0.3) is 0 Å². The topological polar surface area (TPSA) is 45.8 Å². The number of nitrogens with one attached hydrogen (secondary N) is 1.